The maximum absolute atomic E-state index is 11.7. The van der Waals surface area contributed by atoms with Gasteiger partial charge in [-0.2, -0.15) is 0 Å². The van der Waals surface area contributed by atoms with Crippen molar-refractivity contribution in [3.8, 4) is 0 Å². The third-order valence-corrected chi connectivity index (χ3v) is 2.78. The number of benzene rings is 1. The standard InChI is InChI=1S/C14H21NO2/c1-17-11-10-13(15)14(16)9-5-8-12-6-3-2-4-7-12/h2-4,6-7,13H,5,8-11,15H2,1H3. The SMILES string of the molecule is COCCC(N)C(=O)CCCc1ccccc1. The largest absolute Gasteiger partial charge is 0.385 e. The van der Waals surface area contributed by atoms with Gasteiger partial charge in [-0.25, -0.2) is 0 Å². The number of nitrogens with two attached hydrogens (primary N) is 1. The molecule has 2 N–H and O–H groups in total. The number of rotatable bonds is 8. The van der Waals surface area contributed by atoms with Gasteiger partial charge in [-0.1, -0.05) is 30.3 Å². The van der Waals surface area contributed by atoms with Crippen LogP contribution < -0.4 is 5.73 Å². The Labute approximate surface area is 103 Å². The van der Waals surface area contributed by atoms with Gasteiger partial charge in [0.2, 0.25) is 0 Å². The van der Waals surface area contributed by atoms with E-state index in [4.69, 9.17) is 10.5 Å². The summed E-state index contributed by atoms with van der Waals surface area (Å²) in [6, 6.07) is 9.81. The normalized spacial score (nSPS) is 12.4. The number of ether oxygens (including phenoxy) is 1. The van der Waals surface area contributed by atoms with Crippen LogP contribution in [0.1, 0.15) is 24.8 Å². The molecule has 0 heterocycles. The zero-order valence-corrected chi connectivity index (χ0v) is 10.4. The lowest BCUT2D eigenvalue weighted by atomic mass is 10.0. The molecule has 0 aliphatic rings. The summed E-state index contributed by atoms with van der Waals surface area (Å²) in [5.41, 5.74) is 7.02. The molecule has 0 aromatic heterocycles. The molecule has 0 spiro atoms. The fourth-order valence-electron chi connectivity index (χ4n) is 1.70. The number of hydrogen-bond donors (Lipinski definition) is 1. The van der Waals surface area contributed by atoms with Crippen LogP contribution in [0.4, 0.5) is 0 Å². The van der Waals surface area contributed by atoms with Crippen molar-refractivity contribution in [1.82, 2.24) is 0 Å². The first-order valence-electron chi connectivity index (χ1n) is 6.05. The number of Topliss-reactive ketones (excluding diaryl/α,β-unsaturated/α-hetero) is 1. The fourth-order valence-corrected chi connectivity index (χ4v) is 1.70. The number of carbonyl (C=O) groups is 1. The Balaban J connectivity index is 2.20. The van der Waals surface area contributed by atoms with Crippen molar-refractivity contribution >= 4 is 5.78 Å². The number of hydrogen-bond acceptors (Lipinski definition) is 3. The number of aryl methyl sites for hydroxylation is 1. The van der Waals surface area contributed by atoms with Crippen LogP contribution in [0.3, 0.4) is 0 Å². The van der Waals surface area contributed by atoms with Crippen LogP contribution in [0.2, 0.25) is 0 Å². The average molecular weight is 235 g/mol. The van der Waals surface area contributed by atoms with Crippen LogP contribution in [-0.4, -0.2) is 25.5 Å². The molecule has 0 bridgehead atoms. The second-order valence-corrected chi connectivity index (χ2v) is 4.19. The molecular formula is C14H21NO2. The number of methoxy groups -OCH3 is 1. The molecule has 1 unspecified atom stereocenters. The minimum atomic E-state index is -0.370. The molecule has 1 aromatic carbocycles. The van der Waals surface area contributed by atoms with Gasteiger partial charge in [-0.15, -0.1) is 0 Å². The summed E-state index contributed by atoms with van der Waals surface area (Å²) < 4.78 is 4.90. The average Bonchev–Trinajstić information content (AvgIpc) is 2.37. The highest BCUT2D eigenvalue weighted by Crippen LogP contribution is 2.06. The monoisotopic (exact) mass is 235 g/mol. The van der Waals surface area contributed by atoms with Crippen molar-refractivity contribution in [2.45, 2.75) is 31.7 Å². The van der Waals surface area contributed by atoms with Crippen LogP contribution >= 0.6 is 0 Å². The first kappa shape index (κ1) is 13.9. The summed E-state index contributed by atoms with van der Waals surface area (Å²) >= 11 is 0. The van der Waals surface area contributed by atoms with Gasteiger partial charge in [-0.3, -0.25) is 4.79 Å². The zero-order valence-electron chi connectivity index (χ0n) is 10.4. The van der Waals surface area contributed by atoms with Crippen molar-refractivity contribution < 1.29 is 9.53 Å². The topological polar surface area (TPSA) is 52.3 Å². The molecule has 0 radical (unpaired) electrons. The van der Waals surface area contributed by atoms with E-state index in [9.17, 15) is 4.79 Å². The molecule has 0 amide bonds. The van der Waals surface area contributed by atoms with Gasteiger partial charge in [-0.05, 0) is 24.8 Å². The van der Waals surface area contributed by atoms with Gasteiger partial charge in [0, 0.05) is 20.1 Å². The molecule has 1 atom stereocenters. The third-order valence-electron chi connectivity index (χ3n) is 2.78. The molecule has 17 heavy (non-hydrogen) atoms. The molecule has 0 fully saturated rings. The molecule has 3 heteroatoms. The van der Waals surface area contributed by atoms with E-state index in [2.05, 4.69) is 12.1 Å². The van der Waals surface area contributed by atoms with Crippen molar-refractivity contribution in [2.75, 3.05) is 13.7 Å². The summed E-state index contributed by atoms with van der Waals surface area (Å²) in [5.74, 6) is 0.137. The summed E-state index contributed by atoms with van der Waals surface area (Å²) in [7, 11) is 1.62. The Bertz CT molecular complexity index is 324. The van der Waals surface area contributed by atoms with Crippen LogP contribution in [0, 0.1) is 0 Å². The molecular weight excluding hydrogens is 214 g/mol. The van der Waals surface area contributed by atoms with E-state index in [0.29, 0.717) is 19.4 Å². The molecule has 94 valence electrons. The molecule has 0 aliphatic carbocycles. The van der Waals surface area contributed by atoms with Crippen molar-refractivity contribution in [3.05, 3.63) is 35.9 Å². The Morgan fingerprint density at radius 2 is 2.06 bits per heavy atom. The molecule has 1 rings (SSSR count). The lowest BCUT2D eigenvalue weighted by Gasteiger charge is -2.09. The van der Waals surface area contributed by atoms with Crippen molar-refractivity contribution in [3.63, 3.8) is 0 Å². The van der Waals surface area contributed by atoms with Gasteiger partial charge in [0.05, 0.1) is 6.04 Å². The lowest BCUT2D eigenvalue weighted by Crippen LogP contribution is -2.31. The quantitative estimate of drug-likeness (QED) is 0.749. The van der Waals surface area contributed by atoms with Crippen LogP contribution in [-0.2, 0) is 16.0 Å². The summed E-state index contributed by atoms with van der Waals surface area (Å²) in [5, 5.41) is 0. The number of carbonyl (C=O) groups excluding carboxylic acids is 1. The Morgan fingerprint density at radius 1 is 1.35 bits per heavy atom. The zero-order chi connectivity index (χ0) is 12.5. The van der Waals surface area contributed by atoms with Crippen LogP contribution in [0.15, 0.2) is 30.3 Å². The molecule has 0 saturated heterocycles. The van der Waals surface area contributed by atoms with Gasteiger partial charge in [0.15, 0.2) is 0 Å². The minimum absolute atomic E-state index is 0.137. The van der Waals surface area contributed by atoms with E-state index < -0.39 is 0 Å². The van der Waals surface area contributed by atoms with Gasteiger partial charge in [0.1, 0.15) is 5.78 Å². The van der Waals surface area contributed by atoms with E-state index >= 15 is 0 Å². The molecule has 0 aliphatic heterocycles. The molecule has 1 aromatic rings. The van der Waals surface area contributed by atoms with Crippen LogP contribution in [0.5, 0.6) is 0 Å². The van der Waals surface area contributed by atoms with Crippen LogP contribution in [0.25, 0.3) is 0 Å². The maximum atomic E-state index is 11.7. The minimum Gasteiger partial charge on any atom is -0.385 e. The predicted molar refractivity (Wildman–Crippen MR) is 68.9 cm³/mol. The fraction of sp³-hybridized carbons (Fsp3) is 0.500. The lowest BCUT2D eigenvalue weighted by molar-refractivity contribution is -0.120. The van der Waals surface area contributed by atoms with Crippen molar-refractivity contribution in [2.24, 2.45) is 5.73 Å². The summed E-state index contributed by atoms with van der Waals surface area (Å²) in [6.45, 7) is 0.547. The predicted octanol–water partition coefficient (Wildman–Crippen LogP) is 1.94. The van der Waals surface area contributed by atoms with Gasteiger partial charge < -0.3 is 10.5 Å². The molecule has 0 saturated carbocycles. The Morgan fingerprint density at radius 3 is 2.71 bits per heavy atom. The first-order chi connectivity index (χ1) is 8.24. The van der Waals surface area contributed by atoms with E-state index in [0.717, 1.165) is 12.8 Å². The van der Waals surface area contributed by atoms with Gasteiger partial charge >= 0.3 is 0 Å². The summed E-state index contributed by atoms with van der Waals surface area (Å²) in [6.07, 6.45) is 2.97. The van der Waals surface area contributed by atoms with E-state index in [1.807, 2.05) is 18.2 Å². The highest BCUT2D eigenvalue weighted by atomic mass is 16.5. The molecule has 3 nitrogen and oxygen atoms in total. The third kappa shape index (κ3) is 5.61. The van der Waals surface area contributed by atoms with Gasteiger partial charge in [0.25, 0.3) is 0 Å². The van der Waals surface area contributed by atoms with E-state index in [1.54, 1.807) is 7.11 Å². The number of ketones is 1. The maximum Gasteiger partial charge on any atom is 0.149 e. The van der Waals surface area contributed by atoms with E-state index in [1.165, 1.54) is 5.56 Å². The van der Waals surface area contributed by atoms with E-state index in [-0.39, 0.29) is 11.8 Å². The highest BCUT2D eigenvalue weighted by molar-refractivity contribution is 5.83. The second-order valence-electron chi connectivity index (χ2n) is 4.19. The van der Waals surface area contributed by atoms with Crippen molar-refractivity contribution in [1.29, 1.82) is 0 Å². The second kappa shape index (κ2) is 7.98. The smallest absolute Gasteiger partial charge is 0.149 e. The summed E-state index contributed by atoms with van der Waals surface area (Å²) in [4.78, 5) is 11.7. The first-order valence-corrected chi connectivity index (χ1v) is 6.05. The Kier molecular flexibility index (Phi) is 6.51. The Hall–Kier alpha value is -1.19. The highest BCUT2D eigenvalue weighted by Gasteiger charge is 2.12.